The third kappa shape index (κ3) is 1.90. The molecule has 2 atom stereocenters. The Morgan fingerprint density at radius 1 is 1.11 bits per heavy atom. The molecule has 1 aromatic heterocycles. The number of anilines is 1. The Hall–Kier alpha value is -1.12. The summed E-state index contributed by atoms with van der Waals surface area (Å²) >= 11 is 0. The SMILES string of the molecule is Cc1nc2c(c(N3CCC(C)C3C)n1)CCCC2. The van der Waals surface area contributed by atoms with Crippen LogP contribution in [0.5, 0.6) is 0 Å². The fourth-order valence-corrected chi connectivity index (χ4v) is 3.33. The van der Waals surface area contributed by atoms with E-state index in [-0.39, 0.29) is 0 Å². The summed E-state index contributed by atoms with van der Waals surface area (Å²) in [5.41, 5.74) is 2.75. The average molecular weight is 245 g/mol. The average Bonchev–Trinajstić information content (AvgIpc) is 2.69. The maximum Gasteiger partial charge on any atom is 0.136 e. The summed E-state index contributed by atoms with van der Waals surface area (Å²) in [4.78, 5) is 11.9. The van der Waals surface area contributed by atoms with Crippen LogP contribution in [0.2, 0.25) is 0 Å². The van der Waals surface area contributed by atoms with Crippen molar-refractivity contribution in [1.82, 2.24) is 9.97 Å². The lowest BCUT2D eigenvalue weighted by atomic mass is 9.95. The molecule has 0 saturated carbocycles. The fraction of sp³-hybridized carbons (Fsp3) is 0.733. The number of hydrogen-bond acceptors (Lipinski definition) is 3. The highest BCUT2D eigenvalue weighted by atomic mass is 15.2. The Bertz CT molecular complexity index is 455. The van der Waals surface area contributed by atoms with Crippen LogP contribution in [0.1, 0.15) is 50.2 Å². The zero-order valence-electron chi connectivity index (χ0n) is 11.7. The van der Waals surface area contributed by atoms with Gasteiger partial charge in [0.2, 0.25) is 0 Å². The van der Waals surface area contributed by atoms with E-state index in [2.05, 4.69) is 23.7 Å². The predicted octanol–water partition coefficient (Wildman–Crippen LogP) is 2.90. The van der Waals surface area contributed by atoms with Crippen LogP contribution in [0, 0.1) is 12.8 Å². The molecule has 1 aliphatic carbocycles. The van der Waals surface area contributed by atoms with E-state index < -0.39 is 0 Å². The molecule has 1 aromatic rings. The molecule has 2 heterocycles. The van der Waals surface area contributed by atoms with E-state index in [1.54, 1.807) is 0 Å². The van der Waals surface area contributed by atoms with Crippen molar-refractivity contribution in [1.29, 1.82) is 0 Å². The van der Waals surface area contributed by atoms with Gasteiger partial charge in [-0.05, 0) is 51.9 Å². The van der Waals surface area contributed by atoms with Crippen LogP contribution in [0.15, 0.2) is 0 Å². The number of nitrogens with zero attached hydrogens (tertiary/aromatic N) is 3. The van der Waals surface area contributed by atoms with Gasteiger partial charge in [-0.3, -0.25) is 0 Å². The third-order valence-electron chi connectivity index (χ3n) is 4.69. The van der Waals surface area contributed by atoms with Crippen LogP contribution in [0.4, 0.5) is 5.82 Å². The van der Waals surface area contributed by atoms with Gasteiger partial charge in [0.25, 0.3) is 0 Å². The zero-order chi connectivity index (χ0) is 12.7. The lowest BCUT2D eigenvalue weighted by Crippen LogP contribution is -2.32. The molecule has 0 amide bonds. The zero-order valence-corrected chi connectivity index (χ0v) is 11.7. The quantitative estimate of drug-likeness (QED) is 0.762. The van der Waals surface area contributed by atoms with Crippen LogP contribution < -0.4 is 4.90 Å². The van der Waals surface area contributed by atoms with Gasteiger partial charge in [0.05, 0.1) is 0 Å². The monoisotopic (exact) mass is 245 g/mol. The standard InChI is InChI=1S/C15H23N3/c1-10-8-9-18(11(10)2)15-13-6-4-5-7-14(13)16-12(3)17-15/h10-11H,4-9H2,1-3H3. The molecule has 0 radical (unpaired) electrons. The van der Waals surface area contributed by atoms with Crippen molar-refractivity contribution in [2.24, 2.45) is 5.92 Å². The first kappa shape index (κ1) is 11.9. The second-order valence-electron chi connectivity index (χ2n) is 5.93. The van der Waals surface area contributed by atoms with Crippen LogP contribution in [-0.4, -0.2) is 22.6 Å². The van der Waals surface area contributed by atoms with E-state index in [0.717, 1.165) is 24.7 Å². The molecule has 1 aliphatic heterocycles. The highest BCUT2D eigenvalue weighted by molar-refractivity contribution is 5.52. The van der Waals surface area contributed by atoms with E-state index in [4.69, 9.17) is 4.98 Å². The minimum atomic E-state index is 0.616. The lowest BCUT2D eigenvalue weighted by molar-refractivity contribution is 0.541. The summed E-state index contributed by atoms with van der Waals surface area (Å²) in [5, 5.41) is 0. The Labute approximate surface area is 110 Å². The number of hydrogen-bond donors (Lipinski definition) is 0. The van der Waals surface area contributed by atoms with Gasteiger partial charge < -0.3 is 4.90 Å². The van der Waals surface area contributed by atoms with Crippen molar-refractivity contribution in [3.63, 3.8) is 0 Å². The molecule has 18 heavy (non-hydrogen) atoms. The van der Waals surface area contributed by atoms with Crippen molar-refractivity contribution < 1.29 is 0 Å². The molecule has 3 rings (SSSR count). The number of rotatable bonds is 1. The summed E-state index contributed by atoms with van der Waals surface area (Å²) in [6.45, 7) is 7.88. The van der Waals surface area contributed by atoms with Crippen molar-refractivity contribution in [3.8, 4) is 0 Å². The molecule has 1 saturated heterocycles. The molecule has 0 bridgehead atoms. The van der Waals surface area contributed by atoms with Crippen LogP contribution >= 0.6 is 0 Å². The maximum absolute atomic E-state index is 4.77. The van der Waals surface area contributed by atoms with Gasteiger partial charge in [0, 0.05) is 23.8 Å². The lowest BCUT2D eigenvalue weighted by Gasteiger charge is -2.29. The normalized spacial score (nSPS) is 27.4. The molecule has 2 unspecified atom stereocenters. The van der Waals surface area contributed by atoms with E-state index in [1.807, 2.05) is 6.92 Å². The van der Waals surface area contributed by atoms with Gasteiger partial charge in [-0.25, -0.2) is 9.97 Å². The van der Waals surface area contributed by atoms with Gasteiger partial charge in [0.15, 0.2) is 0 Å². The highest BCUT2D eigenvalue weighted by Crippen LogP contribution is 2.34. The summed E-state index contributed by atoms with van der Waals surface area (Å²) in [5.74, 6) is 2.96. The molecular formula is C15H23N3. The Morgan fingerprint density at radius 3 is 2.61 bits per heavy atom. The van der Waals surface area contributed by atoms with Crippen molar-refractivity contribution in [2.75, 3.05) is 11.4 Å². The molecule has 98 valence electrons. The van der Waals surface area contributed by atoms with Crippen LogP contribution in [0.3, 0.4) is 0 Å². The summed E-state index contributed by atoms with van der Waals surface area (Å²) in [6, 6.07) is 0.616. The molecule has 0 aromatic carbocycles. The van der Waals surface area contributed by atoms with Crippen molar-refractivity contribution in [3.05, 3.63) is 17.1 Å². The molecule has 2 aliphatic rings. The molecule has 0 N–H and O–H groups in total. The fourth-order valence-electron chi connectivity index (χ4n) is 3.33. The smallest absolute Gasteiger partial charge is 0.136 e. The van der Waals surface area contributed by atoms with Gasteiger partial charge in [-0.2, -0.15) is 0 Å². The highest BCUT2D eigenvalue weighted by Gasteiger charge is 2.31. The van der Waals surface area contributed by atoms with Gasteiger partial charge in [0.1, 0.15) is 11.6 Å². The Balaban J connectivity index is 2.03. The molecule has 1 fully saturated rings. The van der Waals surface area contributed by atoms with E-state index in [9.17, 15) is 0 Å². The van der Waals surface area contributed by atoms with Crippen molar-refractivity contribution >= 4 is 5.82 Å². The first-order valence-corrected chi connectivity index (χ1v) is 7.30. The van der Waals surface area contributed by atoms with E-state index in [0.29, 0.717) is 6.04 Å². The minimum absolute atomic E-state index is 0.616. The first-order chi connectivity index (χ1) is 8.66. The van der Waals surface area contributed by atoms with Crippen LogP contribution in [0.25, 0.3) is 0 Å². The number of aromatic nitrogens is 2. The molecular weight excluding hydrogens is 222 g/mol. The molecule has 0 spiro atoms. The van der Waals surface area contributed by atoms with Gasteiger partial charge >= 0.3 is 0 Å². The van der Waals surface area contributed by atoms with Crippen LogP contribution in [-0.2, 0) is 12.8 Å². The Kier molecular flexibility index (Phi) is 3.00. The molecule has 3 heteroatoms. The van der Waals surface area contributed by atoms with Crippen molar-refractivity contribution in [2.45, 2.75) is 58.9 Å². The third-order valence-corrected chi connectivity index (χ3v) is 4.69. The summed E-state index contributed by atoms with van der Waals surface area (Å²) in [7, 11) is 0. The van der Waals surface area contributed by atoms with E-state index in [1.165, 1.54) is 42.8 Å². The predicted molar refractivity (Wildman–Crippen MR) is 74.0 cm³/mol. The molecule has 3 nitrogen and oxygen atoms in total. The largest absolute Gasteiger partial charge is 0.353 e. The summed E-state index contributed by atoms with van der Waals surface area (Å²) < 4.78 is 0. The topological polar surface area (TPSA) is 29.0 Å². The van der Waals surface area contributed by atoms with E-state index >= 15 is 0 Å². The first-order valence-electron chi connectivity index (χ1n) is 7.30. The maximum atomic E-state index is 4.77. The second-order valence-corrected chi connectivity index (χ2v) is 5.93. The minimum Gasteiger partial charge on any atom is -0.353 e. The summed E-state index contributed by atoms with van der Waals surface area (Å²) in [6.07, 6.45) is 6.18. The van der Waals surface area contributed by atoms with Gasteiger partial charge in [-0.15, -0.1) is 0 Å². The number of aryl methyl sites for hydroxylation is 2. The second kappa shape index (κ2) is 4.52. The van der Waals surface area contributed by atoms with Gasteiger partial charge in [-0.1, -0.05) is 6.92 Å². The number of fused-ring (bicyclic) bond motifs is 1. The Morgan fingerprint density at radius 2 is 1.89 bits per heavy atom.